The average Bonchev–Trinajstić information content (AvgIpc) is 2.72. The second-order valence-corrected chi connectivity index (χ2v) is 7.90. The number of Topliss-reactive ketones (excluding diaryl/α,β-unsaturated/α-hetero) is 1. The lowest BCUT2D eigenvalue weighted by atomic mass is 10.1. The molecule has 6 heteroatoms. The van der Waals surface area contributed by atoms with Gasteiger partial charge >= 0.3 is 0 Å². The number of ether oxygens (including phenoxy) is 1. The highest BCUT2D eigenvalue weighted by Gasteiger charge is 2.34. The van der Waals surface area contributed by atoms with Crippen molar-refractivity contribution in [3.8, 4) is 0 Å². The summed E-state index contributed by atoms with van der Waals surface area (Å²) >= 11 is 0. The fourth-order valence-corrected chi connectivity index (χ4v) is 5.12. The van der Waals surface area contributed by atoms with Gasteiger partial charge in [-0.1, -0.05) is 12.8 Å². The van der Waals surface area contributed by atoms with Gasteiger partial charge in [0.05, 0.1) is 11.9 Å². The number of carbonyl (C=O) groups excluding carboxylic acids is 1. The quantitative estimate of drug-likeness (QED) is 0.776. The van der Waals surface area contributed by atoms with Crippen molar-refractivity contribution in [2.75, 3.05) is 18.9 Å². The molecule has 2 rings (SSSR count). The number of rotatable bonds is 5. The zero-order valence-electron chi connectivity index (χ0n) is 12.2. The van der Waals surface area contributed by atoms with Crippen LogP contribution in [0.15, 0.2) is 0 Å². The van der Waals surface area contributed by atoms with E-state index in [1.54, 1.807) is 4.31 Å². The molecule has 2 aliphatic heterocycles. The van der Waals surface area contributed by atoms with Crippen molar-refractivity contribution < 1.29 is 17.9 Å². The minimum absolute atomic E-state index is 0.0641. The van der Waals surface area contributed by atoms with E-state index in [2.05, 4.69) is 0 Å². The van der Waals surface area contributed by atoms with E-state index < -0.39 is 10.0 Å². The van der Waals surface area contributed by atoms with Gasteiger partial charge < -0.3 is 4.74 Å². The van der Waals surface area contributed by atoms with Crippen LogP contribution in [0.1, 0.15) is 51.9 Å². The number of ketones is 1. The van der Waals surface area contributed by atoms with Crippen LogP contribution >= 0.6 is 0 Å². The van der Waals surface area contributed by atoms with E-state index >= 15 is 0 Å². The molecular formula is C14H25NO4S. The van der Waals surface area contributed by atoms with Crippen LogP contribution in [0.5, 0.6) is 0 Å². The summed E-state index contributed by atoms with van der Waals surface area (Å²) in [5.41, 5.74) is 0. The fraction of sp³-hybridized carbons (Fsp3) is 0.929. The smallest absolute Gasteiger partial charge is 0.216 e. The first-order chi connectivity index (χ1) is 9.49. The zero-order chi connectivity index (χ0) is 14.6. The Bertz CT molecular complexity index is 428. The highest BCUT2D eigenvalue weighted by atomic mass is 32.2. The third-order valence-electron chi connectivity index (χ3n) is 4.12. The van der Waals surface area contributed by atoms with Crippen molar-refractivity contribution in [1.82, 2.24) is 4.31 Å². The number of hydrogen-bond acceptors (Lipinski definition) is 4. The summed E-state index contributed by atoms with van der Waals surface area (Å²) in [7, 11) is -3.33. The summed E-state index contributed by atoms with van der Waals surface area (Å²) in [6.45, 7) is 2.75. The first kappa shape index (κ1) is 15.9. The molecule has 0 N–H and O–H groups in total. The Labute approximate surface area is 121 Å². The number of nitrogens with zero attached hydrogens (tertiary/aromatic N) is 1. The summed E-state index contributed by atoms with van der Waals surface area (Å²) in [5, 5.41) is 0. The molecule has 0 amide bonds. The molecule has 0 aromatic rings. The largest absolute Gasteiger partial charge is 0.377 e. The van der Waals surface area contributed by atoms with E-state index in [4.69, 9.17) is 4.74 Å². The van der Waals surface area contributed by atoms with Gasteiger partial charge in [-0.05, 0) is 32.6 Å². The SMILES string of the molecule is CC(=O)CC1CCCCCN1S(=O)(=O)CC1CCCO1. The Hall–Kier alpha value is -0.460. The topological polar surface area (TPSA) is 63.7 Å². The normalized spacial score (nSPS) is 29.2. The van der Waals surface area contributed by atoms with Crippen LogP contribution in [0.4, 0.5) is 0 Å². The monoisotopic (exact) mass is 303 g/mol. The van der Waals surface area contributed by atoms with Gasteiger partial charge in [0.15, 0.2) is 0 Å². The highest BCUT2D eigenvalue weighted by molar-refractivity contribution is 7.89. The highest BCUT2D eigenvalue weighted by Crippen LogP contribution is 2.25. The number of sulfonamides is 1. The molecule has 2 aliphatic rings. The van der Waals surface area contributed by atoms with Crippen LogP contribution in [-0.4, -0.2) is 49.6 Å². The van der Waals surface area contributed by atoms with E-state index in [0.29, 0.717) is 19.6 Å². The lowest BCUT2D eigenvalue weighted by Gasteiger charge is -2.29. The summed E-state index contributed by atoms with van der Waals surface area (Å²) in [6, 6.07) is -0.151. The summed E-state index contributed by atoms with van der Waals surface area (Å²) in [6.07, 6.45) is 5.67. The number of carbonyl (C=O) groups is 1. The maximum absolute atomic E-state index is 12.6. The van der Waals surface area contributed by atoms with E-state index in [9.17, 15) is 13.2 Å². The van der Waals surface area contributed by atoms with Gasteiger partial charge in [0, 0.05) is 25.6 Å². The van der Waals surface area contributed by atoms with Crippen LogP contribution < -0.4 is 0 Å². The van der Waals surface area contributed by atoms with Gasteiger partial charge in [0.1, 0.15) is 5.78 Å². The number of hydrogen-bond donors (Lipinski definition) is 0. The maximum Gasteiger partial charge on any atom is 0.216 e. The van der Waals surface area contributed by atoms with Gasteiger partial charge in [0.25, 0.3) is 0 Å². The van der Waals surface area contributed by atoms with Gasteiger partial charge in [-0.15, -0.1) is 0 Å². The second-order valence-electron chi connectivity index (χ2n) is 5.93. The minimum Gasteiger partial charge on any atom is -0.377 e. The van der Waals surface area contributed by atoms with Crippen LogP contribution in [0.25, 0.3) is 0 Å². The van der Waals surface area contributed by atoms with E-state index in [0.717, 1.165) is 38.5 Å². The maximum atomic E-state index is 12.6. The van der Waals surface area contributed by atoms with Crippen LogP contribution in [0.2, 0.25) is 0 Å². The average molecular weight is 303 g/mol. The molecule has 2 atom stereocenters. The molecule has 0 aliphatic carbocycles. The Morgan fingerprint density at radius 3 is 2.65 bits per heavy atom. The molecule has 0 radical (unpaired) electrons. The van der Waals surface area contributed by atoms with Gasteiger partial charge in [-0.3, -0.25) is 4.79 Å². The van der Waals surface area contributed by atoms with Crippen LogP contribution in [0.3, 0.4) is 0 Å². The van der Waals surface area contributed by atoms with Crippen molar-refractivity contribution in [2.45, 2.75) is 64.0 Å². The molecule has 5 nitrogen and oxygen atoms in total. The third kappa shape index (κ3) is 4.27. The molecule has 20 heavy (non-hydrogen) atoms. The fourth-order valence-electron chi connectivity index (χ4n) is 3.16. The molecule has 2 heterocycles. The summed E-state index contributed by atoms with van der Waals surface area (Å²) < 4.78 is 32.3. The predicted octanol–water partition coefficient (Wildman–Crippen LogP) is 1.72. The molecule has 2 saturated heterocycles. The van der Waals surface area contributed by atoms with E-state index in [1.165, 1.54) is 6.92 Å². The minimum atomic E-state index is -3.33. The van der Waals surface area contributed by atoms with Gasteiger partial charge in [0.2, 0.25) is 10.0 Å². The first-order valence-electron chi connectivity index (χ1n) is 7.59. The standard InChI is InChI=1S/C14H25NO4S/c1-12(16)10-13-6-3-2-4-8-15(13)20(17,18)11-14-7-5-9-19-14/h13-14H,2-11H2,1H3. The molecule has 0 spiro atoms. The van der Waals surface area contributed by atoms with E-state index in [-0.39, 0.29) is 23.7 Å². The Kier molecular flexibility index (Phi) is 5.57. The summed E-state index contributed by atoms with van der Waals surface area (Å²) in [5.74, 6) is 0.135. The Morgan fingerprint density at radius 2 is 2.00 bits per heavy atom. The van der Waals surface area contributed by atoms with Gasteiger partial charge in [-0.25, -0.2) is 8.42 Å². The molecular weight excluding hydrogens is 278 g/mol. The second kappa shape index (κ2) is 7.00. The molecule has 2 unspecified atom stereocenters. The first-order valence-corrected chi connectivity index (χ1v) is 9.20. The van der Waals surface area contributed by atoms with Gasteiger partial charge in [-0.2, -0.15) is 4.31 Å². The van der Waals surface area contributed by atoms with Crippen molar-refractivity contribution in [3.63, 3.8) is 0 Å². The molecule has 0 aromatic carbocycles. The summed E-state index contributed by atoms with van der Waals surface area (Å²) in [4.78, 5) is 11.4. The van der Waals surface area contributed by atoms with Crippen molar-refractivity contribution in [1.29, 1.82) is 0 Å². The predicted molar refractivity (Wildman–Crippen MR) is 77.0 cm³/mol. The van der Waals surface area contributed by atoms with Crippen LogP contribution in [0, 0.1) is 0 Å². The molecule has 0 bridgehead atoms. The molecule has 2 fully saturated rings. The molecule has 116 valence electrons. The van der Waals surface area contributed by atoms with Crippen molar-refractivity contribution in [3.05, 3.63) is 0 Å². The van der Waals surface area contributed by atoms with Crippen LogP contribution in [-0.2, 0) is 19.6 Å². The lowest BCUT2D eigenvalue weighted by Crippen LogP contribution is -2.44. The van der Waals surface area contributed by atoms with Crippen molar-refractivity contribution >= 4 is 15.8 Å². The van der Waals surface area contributed by atoms with E-state index in [1.807, 2.05) is 0 Å². The zero-order valence-corrected chi connectivity index (χ0v) is 13.0. The van der Waals surface area contributed by atoms with Crippen molar-refractivity contribution in [2.24, 2.45) is 0 Å². The molecule has 0 aromatic heterocycles. The molecule has 0 saturated carbocycles. The Balaban J connectivity index is 2.09. The third-order valence-corrected chi connectivity index (χ3v) is 6.11. The Morgan fingerprint density at radius 1 is 1.20 bits per heavy atom. The lowest BCUT2D eigenvalue weighted by molar-refractivity contribution is -0.117.